The van der Waals surface area contributed by atoms with Crippen molar-refractivity contribution < 1.29 is 10.0 Å². The maximum absolute atomic E-state index is 8.58. The van der Waals surface area contributed by atoms with E-state index >= 15 is 0 Å². The van der Waals surface area contributed by atoms with Crippen LogP contribution in [0.4, 0.5) is 0 Å². The van der Waals surface area contributed by atoms with Crippen molar-refractivity contribution >= 4 is 23.0 Å². The van der Waals surface area contributed by atoms with Crippen LogP contribution in [0.15, 0.2) is 22.1 Å². The third kappa shape index (κ3) is 4.79. The van der Waals surface area contributed by atoms with E-state index in [1.54, 1.807) is 19.1 Å². The highest BCUT2D eigenvalue weighted by molar-refractivity contribution is 9.11. The zero-order valence-corrected chi connectivity index (χ0v) is 7.59. The van der Waals surface area contributed by atoms with Crippen LogP contribution < -0.4 is 0 Å². The first-order valence-electron chi connectivity index (χ1n) is 2.90. The Balaban J connectivity index is 4.05. The lowest BCUT2D eigenvalue weighted by Gasteiger charge is -1.93. The van der Waals surface area contributed by atoms with Crippen LogP contribution in [0.2, 0.25) is 0 Å². The molecule has 0 saturated heterocycles. The second-order valence-electron chi connectivity index (χ2n) is 2.04. The Morgan fingerprint density at radius 2 is 1.80 bits per heavy atom. The molecule has 0 aromatic heterocycles. The summed E-state index contributed by atoms with van der Waals surface area (Å²) in [5, 5.41) is 17.2. The zero-order chi connectivity index (χ0) is 8.15. The predicted octanol–water partition coefficient (Wildman–Crippen LogP) is 1.24. The SMILES string of the molecule is C/C(=C\C=C(/C)Br)B(O)O. The fourth-order valence-corrected chi connectivity index (χ4v) is 0.465. The molecule has 4 heteroatoms. The van der Waals surface area contributed by atoms with Gasteiger partial charge in [-0.1, -0.05) is 28.1 Å². The number of hydrogen-bond acceptors (Lipinski definition) is 2. The molecule has 0 unspecified atom stereocenters. The van der Waals surface area contributed by atoms with E-state index in [1.165, 1.54) is 0 Å². The first-order valence-corrected chi connectivity index (χ1v) is 3.70. The van der Waals surface area contributed by atoms with Crippen LogP contribution >= 0.6 is 15.9 Å². The van der Waals surface area contributed by atoms with Crippen molar-refractivity contribution in [2.45, 2.75) is 13.8 Å². The van der Waals surface area contributed by atoms with Crippen molar-refractivity contribution in [1.29, 1.82) is 0 Å². The van der Waals surface area contributed by atoms with Crippen LogP contribution in [0, 0.1) is 0 Å². The number of rotatable bonds is 2. The van der Waals surface area contributed by atoms with Gasteiger partial charge in [-0.15, -0.1) is 0 Å². The van der Waals surface area contributed by atoms with Crippen LogP contribution in [0.25, 0.3) is 0 Å². The minimum absolute atomic E-state index is 0.527. The minimum Gasteiger partial charge on any atom is -0.423 e. The molecular weight excluding hydrogens is 195 g/mol. The van der Waals surface area contributed by atoms with Crippen LogP contribution in [-0.4, -0.2) is 17.2 Å². The minimum atomic E-state index is -1.34. The number of hydrogen-bond donors (Lipinski definition) is 2. The van der Waals surface area contributed by atoms with Gasteiger partial charge in [0, 0.05) is 0 Å². The first-order chi connectivity index (χ1) is 4.54. The molecular formula is C6H10BBrO2. The lowest BCUT2D eigenvalue weighted by Crippen LogP contribution is -2.12. The van der Waals surface area contributed by atoms with E-state index in [-0.39, 0.29) is 0 Å². The van der Waals surface area contributed by atoms with Crippen molar-refractivity contribution in [2.75, 3.05) is 0 Å². The van der Waals surface area contributed by atoms with Gasteiger partial charge in [0.15, 0.2) is 0 Å². The molecule has 0 atom stereocenters. The van der Waals surface area contributed by atoms with Crippen LogP contribution in [0.3, 0.4) is 0 Å². The fourth-order valence-electron chi connectivity index (χ4n) is 0.332. The van der Waals surface area contributed by atoms with E-state index in [9.17, 15) is 0 Å². The Morgan fingerprint density at radius 1 is 1.30 bits per heavy atom. The number of halogens is 1. The van der Waals surface area contributed by atoms with Gasteiger partial charge in [-0.2, -0.15) is 0 Å². The Labute approximate surface area is 69.5 Å². The van der Waals surface area contributed by atoms with E-state index in [0.29, 0.717) is 5.47 Å². The maximum Gasteiger partial charge on any atom is 0.483 e. The summed E-state index contributed by atoms with van der Waals surface area (Å²) < 4.78 is 0.951. The first kappa shape index (κ1) is 9.94. The molecule has 0 saturated carbocycles. The van der Waals surface area contributed by atoms with Crippen LogP contribution in [0.1, 0.15) is 13.8 Å². The molecule has 0 heterocycles. The lowest BCUT2D eigenvalue weighted by molar-refractivity contribution is 0.419. The molecule has 0 bridgehead atoms. The summed E-state index contributed by atoms with van der Waals surface area (Å²) in [5.74, 6) is 0. The predicted molar refractivity (Wildman–Crippen MR) is 46.6 cm³/mol. The molecule has 0 rings (SSSR count). The second-order valence-corrected chi connectivity index (χ2v) is 3.29. The molecule has 0 aromatic carbocycles. The Morgan fingerprint density at radius 3 is 2.10 bits per heavy atom. The molecule has 2 nitrogen and oxygen atoms in total. The van der Waals surface area contributed by atoms with Gasteiger partial charge in [0.2, 0.25) is 0 Å². The molecule has 10 heavy (non-hydrogen) atoms. The van der Waals surface area contributed by atoms with Crippen molar-refractivity contribution in [3.05, 3.63) is 22.1 Å². The quantitative estimate of drug-likeness (QED) is 0.525. The molecule has 0 fully saturated rings. The highest BCUT2D eigenvalue weighted by Gasteiger charge is 2.06. The normalized spacial score (nSPS) is 13.7. The highest BCUT2D eigenvalue weighted by Crippen LogP contribution is 2.03. The van der Waals surface area contributed by atoms with Crippen molar-refractivity contribution in [1.82, 2.24) is 0 Å². The zero-order valence-electron chi connectivity index (χ0n) is 6.00. The van der Waals surface area contributed by atoms with Gasteiger partial charge in [0.25, 0.3) is 0 Å². The molecule has 0 radical (unpaired) electrons. The van der Waals surface area contributed by atoms with Gasteiger partial charge in [0.1, 0.15) is 0 Å². The number of allylic oxidation sites excluding steroid dienone is 4. The summed E-state index contributed by atoms with van der Waals surface area (Å²) in [6, 6.07) is 0. The second kappa shape index (κ2) is 4.71. The van der Waals surface area contributed by atoms with E-state index in [2.05, 4.69) is 15.9 Å². The summed E-state index contributed by atoms with van der Waals surface area (Å²) in [4.78, 5) is 0. The maximum atomic E-state index is 8.58. The summed E-state index contributed by atoms with van der Waals surface area (Å²) in [5.41, 5.74) is 0.527. The lowest BCUT2D eigenvalue weighted by atomic mass is 9.80. The molecule has 0 amide bonds. The third-order valence-corrected chi connectivity index (χ3v) is 1.25. The molecule has 0 spiro atoms. The summed E-state index contributed by atoms with van der Waals surface area (Å²) in [6.07, 6.45) is 3.41. The van der Waals surface area contributed by atoms with E-state index < -0.39 is 7.12 Å². The van der Waals surface area contributed by atoms with E-state index in [1.807, 2.05) is 6.92 Å². The fraction of sp³-hybridized carbons (Fsp3) is 0.333. The molecule has 0 aliphatic carbocycles. The average molecular weight is 205 g/mol. The Bertz CT molecular complexity index is 159. The molecule has 0 aromatic rings. The van der Waals surface area contributed by atoms with Gasteiger partial charge >= 0.3 is 7.12 Å². The highest BCUT2D eigenvalue weighted by atomic mass is 79.9. The summed E-state index contributed by atoms with van der Waals surface area (Å²) in [6.45, 7) is 3.52. The van der Waals surface area contributed by atoms with Gasteiger partial charge < -0.3 is 10.0 Å². The smallest absolute Gasteiger partial charge is 0.423 e. The topological polar surface area (TPSA) is 40.5 Å². The van der Waals surface area contributed by atoms with Crippen molar-refractivity contribution in [2.24, 2.45) is 0 Å². The molecule has 56 valence electrons. The van der Waals surface area contributed by atoms with Gasteiger partial charge in [0.05, 0.1) is 0 Å². The van der Waals surface area contributed by atoms with E-state index in [4.69, 9.17) is 10.0 Å². The molecule has 0 aliphatic rings. The molecule has 2 N–H and O–H groups in total. The van der Waals surface area contributed by atoms with Gasteiger partial charge in [-0.25, -0.2) is 0 Å². The van der Waals surface area contributed by atoms with Gasteiger partial charge in [-0.3, -0.25) is 0 Å². The largest absolute Gasteiger partial charge is 0.483 e. The Kier molecular flexibility index (Phi) is 4.69. The van der Waals surface area contributed by atoms with Crippen LogP contribution in [0.5, 0.6) is 0 Å². The Hall–Kier alpha value is -0.0551. The monoisotopic (exact) mass is 204 g/mol. The van der Waals surface area contributed by atoms with Crippen molar-refractivity contribution in [3.63, 3.8) is 0 Å². The molecule has 0 aliphatic heterocycles. The average Bonchev–Trinajstić information content (AvgIpc) is 1.82. The summed E-state index contributed by atoms with van der Waals surface area (Å²) in [7, 11) is -1.34. The van der Waals surface area contributed by atoms with Crippen molar-refractivity contribution in [3.8, 4) is 0 Å². The van der Waals surface area contributed by atoms with Crippen LogP contribution in [-0.2, 0) is 0 Å². The van der Waals surface area contributed by atoms with E-state index in [0.717, 1.165) is 4.48 Å². The van der Waals surface area contributed by atoms with Gasteiger partial charge in [-0.05, 0) is 23.8 Å². The summed E-state index contributed by atoms with van der Waals surface area (Å²) >= 11 is 3.21. The standard InChI is InChI=1S/C6H10BBrO2/c1-5(7(9)10)3-4-6(2)8/h3-4,9-10H,1-2H3/b5-3+,6-4+. The third-order valence-electron chi connectivity index (χ3n) is 0.983.